The van der Waals surface area contributed by atoms with Crippen LogP contribution >= 0.6 is 0 Å². The molecule has 0 heterocycles. The maximum atomic E-state index is 12.8. The van der Waals surface area contributed by atoms with Crippen molar-refractivity contribution in [2.45, 2.75) is 44.1 Å². The summed E-state index contributed by atoms with van der Waals surface area (Å²) in [6.45, 7) is 1.16. The summed E-state index contributed by atoms with van der Waals surface area (Å²) in [5, 5.41) is 20.7. The number of halogens is 3. The van der Waals surface area contributed by atoms with E-state index in [1.807, 2.05) is 0 Å². The minimum absolute atomic E-state index is 0.0635. The number of hydrogen-bond donors (Lipinski definition) is 4. The summed E-state index contributed by atoms with van der Waals surface area (Å²) in [5.41, 5.74) is 6.30. The maximum Gasteiger partial charge on any atom is 0.416 e. The van der Waals surface area contributed by atoms with Crippen molar-refractivity contribution >= 4 is 11.9 Å². The van der Waals surface area contributed by atoms with E-state index in [1.165, 1.54) is 12.1 Å². The summed E-state index contributed by atoms with van der Waals surface area (Å²) in [5.74, 6) is -0.890. The van der Waals surface area contributed by atoms with E-state index in [1.54, 1.807) is 31.2 Å². The molecule has 11 heteroatoms. The Balaban J connectivity index is 2.00. The Morgan fingerprint density at radius 2 is 1.60 bits per heavy atom. The largest absolute Gasteiger partial charge is 0.491 e. The van der Waals surface area contributed by atoms with Crippen LogP contribution in [0.25, 0.3) is 0 Å². The summed E-state index contributed by atoms with van der Waals surface area (Å²) in [6.07, 6.45) is -5.41. The summed E-state index contributed by atoms with van der Waals surface area (Å²) < 4.78 is 48.7. The molecule has 0 fully saturated rings. The van der Waals surface area contributed by atoms with E-state index < -0.39 is 48.4 Å². The fraction of sp³-hybridized carbons (Fsp3) is 0.417. The smallest absolute Gasteiger partial charge is 0.416 e. The van der Waals surface area contributed by atoms with E-state index in [2.05, 4.69) is 5.32 Å². The monoisotopic (exact) mass is 498 g/mol. The third-order valence-corrected chi connectivity index (χ3v) is 4.98. The van der Waals surface area contributed by atoms with Gasteiger partial charge in [0.15, 0.2) is 0 Å². The van der Waals surface area contributed by atoms with Crippen molar-refractivity contribution in [2.24, 2.45) is 5.73 Å². The summed E-state index contributed by atoms with van der Waals surface area (Å²) in [7, 11) is 0. The number of nitrogens with two attached hydrogens (primary N) is 1. The molecule has 0 saturated carbocycles. The van der Waals surface area contributed by atoms with Gasteiger partial charge in [0.05, 0.1) is 24.8 Å². The lowest BCUT2D eigenvalue weighted by Crippen LogP contribution is -2.50. The highest BCUT2D eigenvalue weighted by Crippen LogP contribution is 2.29. The molecule has 2 aromatic rings. The molecule has 0 aliphatic carbocycles. The summed E-state index contributed by atoms with van der Waals surface area (Å²) >= 11 is 0. The number of aliphatic hydroxyl groups is 2. The normalized spacial score (nSPS) is 14.0. The molecule has 5 N–H and O–H groups in total. The Hall–Kier alpha value is -3.15. The molecule has 1 unspecified atom stereocenters. The van der Waals surface area contributed by atoms with E-state index >= 15 is 0 Å². The van der Waals surface area contributed by atoms with Crippen LogP contribution in [0.2, 0.25) is 0 Å². The summed E-state index contributed by atoms with van der Waals surface area (Å²) in [4.78, 5) is 25.0. The zero-order valence-corrected chi connectivity index (χ0v) is 19.1. The highest BCUT2D eigenvalue weighted by atomic mass is 19.4. The quantitative estimate of drug-likeness (QED) is 0.327. The minimum atomic E-state index is -4.48. The van der Waals surface area contributed by atoms with Crippen LogP contribution in [-0.4, -0.2) is 60.1 Å². The van der Waals surface area contributed by atoms with Crippen molar-refractivity contribution < 1.29 is 42.4 Å². The minimum Gasteiger partial charge on any atom is -0.491 e. The molecule has 1 amide bonds. The van der Waals surface area contributed by atoms with E-state index in [-0.39, 0.29) is 26.1 Å². The Kier molecular flexibility index (Phi) is 10.5. The average molecular weight is 498 g/mol. The number of amides is 1. The molecule has 0 radical (unpaired) electrons. The van der Waals surface area contributed by atoms with Crippen molar-refractivity contribution in [1.29, 1.82) is 0 Å². The van der Waals surface area contributed by atoms with Crippen LogP contribution in [0.3, 0.4) is 0 Å². The van der Waals surface area contributed by atoms with Crippen molar-refractivity contribution in [3.05, 3.63) is 65.2 Å². The lowest BCUT2D eigenvalue weighted by molar-refractivity contribution is -0.147. The standard InChI is InChI=1S/C24H29F3N2O6/c1-2-34-23(33)21(12-16-3-7-17(8-4-16)24(25,26)27)29-22(32)20(28)11-15-5-9-19(10-6-15)35-14-18(31)13-30/h3-10,18,20-21,30-31H,2,11-14,28H2,1H3,(H,29,32)/t18?,20-,21-/m0/s1. The predicted octanol–water partition coefficient (Wildman–Crippen LogP) is 1.60. The summed E-state index contributed by atoms with van der Waals surface area (Å²) in [6, 6.07) is 8.76. The van der Waals surface area contributed by atoms with Crippen LogP contribution in [0, 0.1) is 0 Å². The number of benzene rings is 2. The molecule has 0 bridgehead atoms. The van der Waals surface area contributed by atoms with Gasteiger partial charge in [-0.05, 0) is 48.7 Å². The SMILES string of the molecule is CCOC(=O)[C@H](Cc1ccc(C(F)(F)F)cc1)NC(=O)[C@@H](N)Cc1ccc(OCC(O)CO)cc1. The molecule has 8 nitrogen and oxygen atoms in total. The Morgan fingerprint density at radius 3 is 2.14 bits per heavy atom. The van der Waals surface area contributed by atoms with Gasteiger partial charge in [-0.15, -0.1) is 0 Å². The number of hydrogen-bond acceptors (Lipinski definition) is 7. The van der Waals surface area contributed by atoms with Crippen molar-refractivity contribution in [3.63, 3.8) is 0 Å². The molecule has 0 saturated heterocycles. The lowest BCUT2D eigenvalue weighted by Gasteiger charge is -2.20. The number of aliphatic hydroxyl groups excluding tert-OH is 2. The number of carbonyl (C=O) groups is 2. The fourth-order valence-electron chi connectivity index (χ4n) is 3.09. The predicted molar refractivity (Wildman–Crippen MR) is 120 cm³/mol. The van der Waals surface area contributed by atoms with Crippen LogP contribution in [0.5, 0.6) is 5.75 Å². The first kappa shape index (κ1) is 28.1. The second kappa shape index (κ2) is 13.1. The van der Waals surface area contributed by atoms with Gasteiger partial charge in [-0.25, -0.2) is 4.79 Å². The number of alkyl halides is 3. The molecule has 2 rings (SSSR count). The van der Waals surface area contributed by atoms with Gasteiger partial charge in [-0.1, -0.05) is 24.3 Å². The Labute approximate surface area is 200 Å². The third-order valence-electron chi connectivity index (χ3n) is 4.98. The van der Waals surface area contributed by atoms with Crippen LogP contribution < -0.4 is 15.8 Å². The zero-order chi connectivity index (χ0) is 26.0. The Morgan fingerprint density at radius 1 is 1.03 bits per heavy atom. The molecule has 0 aliphatic rings. The maximum absolute atomic E-state index is 12.8. The van der Waals surface area contributed by atoms with Crippen molar-refractivity contribution in [3.8, 4) is 5.75 Å². The van der Waals surface area contributed by atoms with Gasteiger partial charge in [0.25, 0.3) is 0 Å². The van der Waals surface area contributed by atoms with Crippen LogP contribution in [-0.2, 0) is 33.3 Å². The highest BCUT2D eigenvalue weighted by molar-refractivity contribution is 5.87. The van der Waals surface area contributed by atoms with Crippen molar-refractivity contribution in [1.82, 2.24) is 5.32 Å². The number of ether oxygens (including phenoxy) is 2. The Bertz CT molecular complexity index is 951. The zero-order valence-electron chi connectivity index (χ0n) is 19.1. The molecule has 3 atom stereocenters. The first-order valence-electron chi connectivity index (χ1n) is 10.9. The molecule has 2 aromatic carbocycles. The third kappa shape index (κ3) is 9.19. The lowest BCUT2D eigenvalue weighted by atomic mass is 10.0. The first-order chi connectivity index (χ1) is 16.5. The number of esters is 1. The van der Waals surface area contributed by atoms with Gasteiger partial charge in [-0.3, -0.25) is 4.79 Å². The van der Waals surface area contributed by atoms with Gasteiger partial charge in [0.1, 0.15) is 24.5 Å². The van der Waals surface area contributed by atoms with Gasteiger partial charge in [0, 0.05) is 6.42 Å². The van der Waals surface area contributed by atoms with Crippen LogP contribution in [0.1, 0.15) is 23.6 Å². The molecule has 0 spiro atoms. The second-order valence-electron chi connectivity index (χ2n) is 7.81. The second-order valence-corrected chi connectivity index (χ2v) is 7.81. The molecular weight excluding hydrogens is 469 g/mol. The number of rotatable bonds is 12. The molecule has 192 valence electrons. The van der Waals surface area contributed by atoms with Crippen LogP contribution in [0.15, 0.2) is 48.5 Å². The average Bonchev–Trinajstić information content (AvgIpc) is 2.82. The van der Waals surface area contributed by atoms with E-state index in [0.29, 0.717) is 16.9 Å². The van der Waals surface area contributed by atoms with Gasteiger partial charge in [0.2, 0.25) is 5.91 Å². The number of nitrogens with one attached hydrogen (secondary N) is 1. The van der Waals surface area contributed by atoms with E-state index in [9.17, 15) is 27.9 Å². The molecule has 0 aromatic heterocycles. The number of carbonyl (C=O) groups excluding carboxylic acids is 2. The fourth-order valence-corrected chi connectivity index (χ4v) is 3.09. The molecule has 35 heavy (non-hydrogen) atoms. The topological polar surface area (TPSA) is 131 Å². The van der Waals surface area contributed by atoms with E-state index in [0.717, 1.165) is 12.1 Å². The van der Waals surface area contributed by atoms with E-state index in [4.69, 9.17) is 20.3 Å². The molecular formula is C24H29F3N2O6. The van der Waals surface area contributed by atoms with Gasteiger partial charge in [-0.2, -0.15) is 13.2 Å². The van der Waals surface area contributed by atoms with Gasteiger partial charge >= 0.3 is 12.1 Å². The molecule has 0 aliphatic heterocycles. The first-order valence-corrected chi connectivity index (χ1v) is 10.9. The highest BCUT2D eigenvalue weighted by Gasteiger charge is 2.30. The van der Waals surface area contributed by atoms with Crippen molar-refractivity contribution in [2.75, 3.05) is 19.8 Å². The van der Waals surface area contributed by atoms with Gasteiger partial charge < -0.3 is 30.7 Å². The van der Waals surface area contributed by atoms with Crippen LogP contribution in [0.4, 0.5) is 13.2 Å².